The minimum atomic E-state index is -0.218. The molecule has 0 aliphatic carbocycles. The number of aliphatic hydroxyl groups excluding tert-OH is 1. The number of fused-ring (bicyclic) bond motifs is 1. The number of carbonyl (C=O) groups is 2. The molecule has 1 aromatic heterocycles. The van der Waals surface area contributed by atoms with E-state index in [-0.39, 0.29) is 24.5 Å². The highest BCUT2D eigenvalue weighted by Crippen LogP contribution is 2.24. The lowest BCUT2D eigenvalue weighted by atomic mass is 9.93. The number of aliphatic hydroxyl groups is 1. The molecule has 3 N–H and O–H groups in total. The minimum absolute atomic E-state index is 0.00668. The molecule has 9 heteroatoms. The summed E-state index contributed by atoms with van der Waals surface area (Å²) in [6.45, 7) is 7.33. The molecule has 0 bridgehead atoms. The molecular weight excluding hydrogens is 434 g/mol. The second kappa shape index (κ2) is 11.2. The molecule has 34 heavy (non-hydrogen) atoms. The predicted octanol–water partition coefficient (Wildman–Crippen LogP) is 2.58. The predicted molar refractivity (Wildman–Crippen MR) is 130 cm³/mol. The number of nitrogens with one attached hydrogen (secondary N) is 2. The third-order valence-corrected chi connectivity index (χ3v) is 7.34. The molecule has 2 fully saturated rings. The number of aromatic amines is 1. The van der Waals surface area contributed by atoms with Crippen molar-refractivity contribution >= 4 is 23.0 Å². The third kappa shape index (κ3) is 5.70. The fourth-order valence-electron chi connectivity index (χ4n) is 5.05. The van der Waals surface area contributed by atoms with Gasteiger partial charge in [0, 0.05) is 32.1 Å². The van der Waals surface area contributed by atoms with Gasteiger partial charge in [-0.2, -0.15) is 0 Å². The largest absolute Gasteiger partial charge is 0.453 e. The average Bonchev–Trinajstić information content (AvgIpc) is 3.32. The minimum Gasteiger partial charge on any atom is -0.453 e. The van der Waals surface area contributed by atoms with Gasteiger partial charge in [-0.1, -0.05) is 13.0 Å². The van der Waals surface area contributed by atoms with Gasteiger partial charge in [0.2, 0.25) is 0 Å². The van der Waals surface area contributed by atoms with Crippen LogP contribution < -0.4 is 5.32 Å². The van der Waals surface area contributed by atoms with Crippen LogP contribution in [-0.2, 0) is 4.74 Å². The quantitative estimate of drug-likeness (QED) is 0.572. The van der Waals surface area contributed by atoms with Crippen molar-refractivity contribution in [1.29, 1.82) is 0 Å². The van der Waals surface area contributed by atoms with Crippen LogP contribution in [-0.4, -0.2) is 89.9 Å². The number of nitrogens with zero attached hydrogens (tertiary/aromatic N) is 3. The van der Waals surface area contributed by atoms with Gasteiger partial charge in [-0.15, -0.1) is 0 Å². The lowest BCUT2D eigenvalue weighted by Gasteiger charge is -2.37. The number of rotatable bonds is 7. The Bertz CT molecular complexity index is 977. The summed E-state index contributed by atoms with van der Waals surface area (Å²) >= 11 is 0. The van der Waals surface area contributed by atoms with Crippen molar-refractivity contribution < 1.29 is 19.4 Å². The number of H-pyrrole nitrogens is 1. The molecular formula is C25H37N5O4. The monoisotopic (exact) mass is 471 g/mol. The first kappa shape index (κ1) is 24.5. The molecule has 1 unspecified atom stereocenters. The SMILES string of the molecule is COC(=O)N1CCC(CN2CCC(CNC(=O)c3cccc4[nH]c(C(C)CO)nc34)CC2)CC1. The molecule has 0 spiro atoms. The van der Waals surface area contributed by atoms with E-state index >= 15 is 0 Å². The van der Waals surface area contributed by atoms with Gasteiger partial charge in [-0.3, -0.25) is 4.79 Å². The van der Waals surface area contributed by atoms with Crippen molar-refractivity contribution in [2.24, 2.45) is 11.8 Å². The Morgan fingerprint density at radius 1 is 1.18 bits per heavy atom. The van der Waals surface area contributed by atoms with E-state index in [1.54, 1.807) is 11.0 Å². The fourth-order valence-corrected chi connectivity index (χ4v) is 5.05. The zero-order valence-corrected chi connectivity index (χ0v) is 20.3. The van der Waals surface area contributed by atoms with E-state index in [1.807, 2.05) is 19.1 Å². The normalized spacial score (nSPS) is 19.3. The molecule has 2 saturated heterocycles. The molecule has 0 radical (unpaired) electrons. The number of piperidine rings is 2. The highest BCUT2D eigenvalue weighted by molar-refractivity contribution is 6.04. The highest BCUT2D eigenvalue weighted by Gasteiger charge is 2.27. The zero-order chi connectivity index (χ0) is 24.1. The number of aromatic nitrogens is 2. The van der Waals surface area contributed by atoms with Crippen molar-refractivity contribution in [3.8, 4) is 0 Å². The van der Waals surface area contributed by atoms with Gasteiger partial charge in [0.1, 0.15) is 11.3 Å². The van der Waals surface area contributed by atoms with Crippen LogP contribution in [0.1, 0.15) is 54.7 Å². The smallest absolute Gasteiger partial charge is 0.409 e. The highest BCUT2D eigenvalue weighted by atomic mass is 16.5. The third-order valence-electron chi connectivity index (χ3n) is 7.34. The Balaban J connectivity index is 1.22. The molecule has 1 atom stereocenters. The van der Waals surface area contributed by atoms with Crippen molar-refractivity contribution in [2.45, 2.75) is 38.5 Å². The van der Waals surface area contributed by atoms with Crippen LogP contribution in [0.15, 0.2) is 18.2 Å². The Kier molecular flexibility index (Phi) is 8.05. The maximum absolute atomic E-state index is 12.9. The van der Waals surface area contributed by atoms with Gasteiger partial charge in [0.25, 0.3) is 5.91 Å². The van der Waals surface area contributed by atoms with Crippen molar-refractivity contribution in [2.75, 3.05) is 53.0 Å². The number of ether oxygens (including phenoxy) is 1. The second-order valence-electron chi connectivity index (χ2n) is 9.76. The summed E-state index contributed by atoms with van der Waals surface area (Å²) in [7, 11) is 1.44. The standard InChI is InChI=1S/C25H37N5O4/c1-17(16-31)23-27-21-5-3-4-20(22(21)28-23)24(32)26-14-18-6-10-29(11-7-18)15-19-8-12-30(13-9-19)25(33)34-2/h3-5,17-19,31H,6-16H2,1-2H3,(H,26,32)(H,27,28). The number of amides is 2. The van der Waals surface area contributed by atoms with E-state index in [0.29, 0.717) is 35.3 Å². The molecule has 2 aromatic rings. The van der Waals surface area contributed by atoms with E-state index in [0.717, 1.165) is 63.9 Å². The van der Waals surface area contributed by atoms with Crippen LogP contribution in [0.3, 0.4) is 0 Å². The Labute approximate surface area is 200 Å². The molecule has 2 aliphatic rings. The maximum Gasteiger partial charge on any atom is 0.409 e. The number of benzene rings is 1. The number of hydrogen-bond donors (Lipinski definition) is 3. The Morgan fingerprint density at radius 2 is 1.88 bits per heavy atom. The molecule has 9 nitrogen and oxygen atoms in total. The average molecular weight is 472 g/mol. The number of para-hydroxylation sites is 1. The summed E-state index contributed by atoms with van der Waals surface area (Å²) in [6.07, 6.45) is 3.99. The molecule has 4 rings (SSSR count). The number of hydrogen-bond acceptors (Lipinski definition) is 6. The van der Waals surface area contributed by atoms with Crippen LogP contribution in [0, 0.1) is 11.8 Å². The first-order valence-corrected chi connectivity index (χ1v) is 12.4. The number of imidazole rings is 1. The van der Waals surface area contributed by atoms with Crippen LogP contribution in [0.2, 0.25) is 0 Å². The van der Waals surface area contributed by atoms with E-state index in [9.17, 15) is 14.7 Å². The summed E-state index contributed by atoms with van der Waals surface area (Å²) < 4.78 is 4.82. The molecule has 1 aromatic carbocycles. The maximum atomic E-state index is 12.9. The topological polar surface area (TPSA) is 111 Å². The molecule has 3 heterocycles. The lowest BCUT2D eigenvalue weighted by molar-refractivity contribution is 0.0891. The summed E-state index contributed by atoms with van der Waals surface area (Å²) in [6, 6.07) is 5.57. The summed E-state index contributed by atoms with van der Waals surface area (Å²) in [5, 5.41) is 12.5. The van der Waals surface area contributed by atoms with Crippen molar-refractivity contribution in [1.82, 2.24) is 25.1 Å². The van der Waals surface area contributed by atoms with Crippen molar-refractivity contribution in [3.05, 3.63) is 29.6 Å². The lowest BCUT2D eigenvalue weighted by Crippen LogP contribution is -2.44. The number of methoxy groups -OCH3 is 1. The van der Waals surface area contributed by atoms with Gasteiger partial charge < -0.3 is 29.9 Å². The second-order valence-corrected chi connectivity index (χ2v) is 9.76. The van der Waals surface area contributed by atoms with Gasteiger partial charge >= 0.3 is 6.09 Å². The number of carbonyl (C=O) groups excluding carboxylic acids is 2. The number of likely N-dealkylation sites (tertiary alicyclic amines) is 2. The van der Waals surface area contributed by atoms with Gasteiger partial charge in [0.15, 0.2) is 0 Å². The first-order valence-electron chi connectivity index (χ1n) is 12.4. The van der Waals surface area contributed by atoms with Gasteiger partial charge in [0.05, 0.1) is 24.8 Å². The zero-order valence-electron chi connectivity index (χ0n) is 20.3. The van der Waals surface area contributed by atoms with Crippen LogP contribution in [0.5, 0.6) is 0 Å². The molecule has 2 aliphatic heterocycles. The summed E-state index contributed by atoms with van der Waals surface area (Å²) in [5.41, 5.74) is 2.04. The van der Waals surface area contributed by atoms with Crippen LogP contribution in [0.25, 0.3) is 11.0 Å². The first-order chi connectivity index (χ1) is 16.5. The van der Waals surface area contributed by atoms with Gasteiger partial charge in [-0.05, 0) is 62.7 Å². The Hall–Kier alpha value is -2.65. The summed E-state index contributed by atoms with van der Waals surface area (Å²) in [4.78, 5) is 36.7. The molecule has 186 valence electrons. The van der Waals surface area contributed by atoms with E-state index in [4.69, 9.17) is 4.74 Å². The van der Waals surface area contributed by atoms with E-state index < -0.39 is 0 Å². The van der Waals surface area contributed by atoms with E-state index in [2.05, 4.69) is 20.2 Å². The summed E-state index contributed by atoms with van der Waals surface area (Å²) in [5.74, 6) is 1.60. The fraction of sp³-hybridized carbons (Fsp3) is 0.640. The van der Waals surface area contributed by atoms with Crippen LogP contribution in [0.4, 0.5) is 4.79 Å². The van der Waals surface area contributed by atoms with Crippen LogP contribution >= 0.6 is 0 Å². The van der Waals surface area contributed by atoms with E-state index in [1.165, 1.54) is 7.11 Å². The Morgan fingerprint density at radius 3 is 2.56 bits per heavy atom. The van der Waals surface area contributed by atoms with Gasteiger partial charge in [-0.25, -0.2) is 9.78 Å². The molecule has 0 saturated carbocycles. The molecule has 2 amide bonds. The van der Waals surface area contributed by atoms with Crippen molar-refractivity contribution in [3.63, 3.8) is 0 Å².